The highest BCUT2D eigenvalue weighted by molar-refractivity contribution is 7.09. The van der Waals surface area contributed by atoms with Crippen molar-refractivity contribution in [1.29, 1.82) is 0 Å². The molecule has 18 heavy (non-hydrogen) atoms. The maximum absolute atomic E-state index is 4.51. The van der Waals surface area contributed by atoms with Crippen LogP contribution in [0.4, 0.5) is 0 Å². The summed E-state index contributed by atoms with van der Waals surface area (Å²) in [5, 5.41) is 11.2. The Morgan fingerprint density at radius 3 is 2.78 bits per heavy atom. The van der Waals surface area contributed by atoms with E-state index in [9.17, 15) is 0 Å². The summed E-state index contributed by atoms with van der Waals surface area (Å²) in [6, 6.07) is 0.283. The third-order valence-corrected chi connectivity index (χ3v) is 3.86. The van der Waals surface area contributed by atoms with Gasteiger partial charge in [0.25, 0.3) is 0 Å². The van der Waals surface area contributed by atoms with Crippen LogP contribution < -0.4 is 5.32 Å². The fourth-order valence-corrected chi connectivity index (χ4v) is 2.65. The molecular formula is C13H20N4S. The van der Waals surface area contributed by atoms with E-state index in [1.54, 1.807) is 11.3 Å². The predicted octanol–water partition coefficient (Wildman–Crippen LogP) is 2.85. The van der Waals surface area contributed by atoms with Crippen LogP contribution in [0.25, 0.3) is 0 Å². The minimum Gasteiger partial charge on any atom is -0.304 e. The Labute approximate surface area is 112 Å². The SMILES string of the molecule is CC(C)c1nn(C)cc1CNC(C)c1nccs1. The van der Waals surface area contributed by atoms with Gasteiger partial charge in [-0.15, -0.1) is 11.3 Å². The van der Waals surface area contributed by atoms with Crippen LogP contribution in [-0.2, 0) is 13.6 Å². The van der Waals surface area contributed by atoms with Crippen molar-refractivity contribution < 1.29 is 0 Å². The molecular weight excluding hydrogens is 244 g/mol. The van der Waals surface area contributed by atoms with Crippen molar-refractivity contribution in [3.8, 4) is 0 Å². The summed E-state index contributed by atoms with van der Waals surface area (Å²) in [5.41, 5.74) is 2.45. The Bertz CT molecular complexity index is 487. The van der Waals surface area contributed by atoms with Crippen LogP contribution in [0.2, 0.25) is 0 Å². The van der Waals surface area contributed by atoms with Crippen molar-refractivity contribution in [1.82, 2.24) is 20.1 Å². The monoisotopic (exact) mass is 264 g/mol. The highest BCUT2D eigenvalue weighted by atomic mass is 32.1. The smallest absolute Gasteiger partial charge is 0.109 e. The number of nitrogens with one attached hydrogen (secondary N) is 1. The molecule has 1 N–H and O–H groups in total. The summed E-state index contributed by atoms with van der Waals surface area (Å²) in [6.45, 7) is 7.33. The molecule has 0 aliphatic heterocycles. The van der Waals surface area contributed by atoms with Crippen LogP contribution in [0.3, 0.4) is 0 Å². The molecule has 0 saturated carbocycles. The lowest BCUT2D eigenvalue weighted by molar-refractivity contribution is 0.567. The Kier molecular flexibility index (Phi) is 4.14. The molecule has 4 nitrogen and oxygen atoms in total. The van der Waals surface area contributed by atoms with E-state index in [1.807, 2.05) is 23.3 Å². The first kappa shape index (κ1) is 13.2. The van der Waals surface area contributed by atoms with Gasteiger partial charge in [-0.05, 0) is 12.8 Å². The molecule has 98 valence electrons. The Balaban J connectivity index is 2.02. The number of thiazole rings is 1. The first-order valence-corrected chi connectivity index (χ1v) is 7.11. The van der Waals surface area contributed by atoms with E-state index in [2.05, 4.69) is 42.4 Å². The van der Waals surface area contributed by atoms with E-state index < -0.39 is 0 Å². The van der Waals surface area contributed by atoms with Crippen molar-refractivity contribution in [3.05, 3.63) is 34.0 Å². The van der Waals surface area contributed by atoms with Gasteiger partial charge in [-0.3, -0.25) is 4.68 Å². The lowest BCUT2D eigenvalue weighted by Gasteiger charge is -2.11. The summed E-state index contributed by atoms with van der Waals surface area (Å²) in [5.74, 6) is 0.457. The molecule has 0 aliphatic rings. The van der Waals surface area contributed by atoms with E-state index in [-0.39, 0.29) is 6.04 Å². The van der Waals surface area contributed by atoms with Gasteiger partial charge in [-0.25, -0.2) is 4.98 Å². The van der Waals surface area contributed by atoms with Gasteiger partial charge in [0.2, 0.25) is 0 Å². The van der Waals surface area contributed by atoms with Gasteiger partial charge in [0.1, 0.15) is 5.01 Å². The minimum atomic E-state index is 0.283. The summed E-state index contributed by atoms with van der Waals surface area (Å²) in [6.07, 6.45) is 3.94. The van der Waals surface area contributed by atoms with Gasteiger partial charge in [0, 0.05) is 36.9 Å². The second kappa shape index (κ2) is 5.63. The van der Waals surface area contributed by atoms with E-state index in [0.717, 1.165) is 11.6 Å². The lowest BCUT2D eigenvalue weighted by Crippen LogP contribution is -2.18. The Morgan fingerprint density at radius 2 is 2.17 bits per heavy atom. The van der Waals surface area contributed by atoms with E-state index in [1.165, 1.54) is 11.3 Å². The fraction of sp³-hybridized carbons (Fsp3) is 0.538. The number of aromatic nitrogens is 3. The third-order valence-electron chi connectivity index (χ3n) is 2.90. The third kappa shape index (κ3) is 2.97. The molecule has 2 rings (SSSR count). The number of aryl methyl sites for hydroxylation is 1. The number of nitrogens with zero attached hydrogens (tertiary/aromatic N) is 3. The molecule has 5 heteroatoms. The van der Waals surface area contributed by atoms with Gasteiger partial charge < -0.3 is 5.32 Å². The standard InChI is InChI=1S/C13H20N4S/c1-9(2)12-11(8-17(4)16-12)7-15-10(3)13-14-5-6-18-13/h5-6,8-10,15H,7H2,1-4H3. The predicted molar refractivity (Wildman–Crippen MR) is 74.7 cm³/mol. The zero-order chi connectivity index (χ0) is 13.1. The van der Waals surface area contributed by atoms with Crippen molar-refractivity contribution in [2.45, 2.75) is 39.3 Å². The van der Waals surface area contributed by atoms with Crippen LogP contribution in [0.15, 0.2) is 17.8 Å². The first-order chi connectivity index (χ1) is 8.58. The molecule has 2 aromatic rings. The normalized spacial score (nSPS) is 13.2. The lowest BCUT2D eigenvalue weighted by atomic mass is 10.1. The number of hydrogen-bond acceptors (Lipinski definition) is 4. The maximum atomic E-state index is 4.51. The summed E-state index contributed by atoms with van der Waals surface area (Å²) in [7, 11) is 1.97. The fourth-order valence-electron chi connectivity index (χ4n) is 1.98. The second-order valence-corrected chi connectivity index (χ2v) is 5.77. The zero-order valence-corrected chi connectivity index (χ0v) is 12.2. The highest BCUT2D eigenvalue weighted by Crippen LogP contribution is 2.19. The average Bonchev–Trinajstić information content (AvgIpc) is 2.94. The van der Waals surface area contributed by atoms with Crippen molar-refractivity contribution in [2.75, 3.05) is 0 Å². The molecule has 0 spiro atoms. The summed E-state index contributed by atoms with van der Waals surface area (Å²) < 4.78 is 1.89. The molecule has 0 radical (unpaired) electrons. The quantitative estimate of drug-likeness (QED) is 0.903. The minimum absolute atomic E-state index is 0.283. The van der Waals surface area contributed by atoms with Crippen LogP contribution in [-0.4, -0.2) is 14.8 Å². The Hall–Kier alpha value is -1.20. The molecule has 0 aliphatic carbocycles. The summed E-state index contributed by atoms with van der Waals surface area (Å²) >= 11 is 1.69. The van der Waals surface area contributed by atoms with Crippen LogP contribution in [0, 0.1) is 0 Å². The molecule has 1 unspecified atom stereocenters. The molecule has 2 aromatic heterocycles. The van der Waals surface area contributed by atoms with E-state index in [4.69, 9.17) is 0 Å². The van der Waals surface area contributed by atoms with E-state index >= 15 is 0 Å². The van der Waals surface area contributed by atoms with Gasteiger partial charge in [-0.1, -0.05) is 13.8 Å². The van der Waals surface area contributed by atoms with Gasteiger partial charge >= 0.3 is 0 Å². The number of hydrogen-bond donors (Lipinski definition) is 1. The van der Waals surface area contributed by atoms with Gasteiger partial charge in [0.15, 0.2) is 0 Å². The number of rotatable bonds is 5. The molecule has 0 bridgehead atoms. The first-order valence-electron chi connectivity index (χ1n) is 6.23. The topological polar surface area (TPSA) is 42.7 Å². The van der Waals surface area contributed by atoms with Crippen molar-refractivity contribution in [3.63, 3.8) is 0 Å². The van der Waals surface area contributed by atoms with Gasteiger partial charge in [-0.2, -0.15) is 5.10 Å². The summed E-state index contributed by atoms with van der Waals surface area (Å²) in [4.78, 5) is 4.33. The molecule has 0 saturated heterocycles. The zero-order valence-electron chi connectivity index (χ0n) is 11.3. The molecule has 1 atom stereocenters. The largest absolute Gasteiger partial charge is 0.304 e. The van der Waals surface area contributed by atoms with Gasteiger partial charge in [0.05, 0.1) is 11.7 Å². The second-order valence-electron chi connectivity index (χ2n) is 4.84. The van der Waals surface area contributed by atoms with Crippen molar-refractivity contribution in [2.24, 2.45) is 7.05 Å². The molecule has 0 fully saturated rings. The Morgan fingerprint density at radius 1 is 1.39 bits per heavy atom. The molecule has 2 heterocycles. The van der Waals surface area contributed by atoms with Crippen LogP contribution >= 0.6 is 11.3 Å². The van der Waals surface area contributed by atoms with Crippen LogP contribution in [0.1, 0.15) is 49.0 Å². The maximum Gasteiger partial charge on any atom is 0.109 e. The van der Waals surface area contributed by atoms with Crippen molar-refractivity contribution >= 4 is 11.3 Å². The highest BCUT2D eigenvalue weighted by Gasteiger charge is 2.13. The average molecular weight is 264 g/mol. The molecule has 0 amide bonds. The van der Waals surface area contributed by atoms with E-state index in [0.29, 0.717) is 5.92 Å². The molecule has 0 aromatic carbocycles. The van der Waals surface area contributed by atoms with Crippen LogP contribution in [0.5, 0.6) is 0 Å².